The Morgan fingerprint density at radius 3 is 1.61 bits per heavy atom. The van der Waals surface area contributed by atoms with Gasteiger partial charge in [-0.05, 0) is 70.4 Å². The number of ether oxygens (including phenoxy) is 1. The van der Waals surface area contributed by atoms with Crippen LogP contribution in [0.25, 0.3) is 0 Å². The summed E-state index contributed by atoms with van der Waals surface area (Å²) in [5.41, 5.74) is 0. The third kappa shape index (κ3) is 14.2. The van der Waals surface area contributed by atoms with Crippen molar-refractivity contribution >= 4 is 25.2 Å². The monoisotopic (exact) mass is 452 g/mol. The van der Waals surface area contributed by atoms with Crippen LogP contribution in [0, 0.1) is 0 Å². The molecule has 0 fully saturated rings. The molecule has 1 aromatic rings. The van der Waals surface area contributed by atoms with Crippen LogP contribution in [0.2, 0.25) is 51.9 Å². The van der Waals surface area contributed by atoms with E-state index < -0.39 is 25.2 Å². The fourth-order valence-corrected chi connectivity index (χ4v) is 15.1. The molecule has 8 heteroatoms. The second kappa shape index (κ2) is 13.4. The zero-order chi connectivity index (χ0) is 18.6. The van der Waals surface area contributed by atoms with Crippen LogP contribution in [0.3, 0.4) is 0 Å². The maximum absolute atomic E-state index is 9.49. The smallest absolute Gasteiger partial charge is 0.314 e. The van der Waals surface area contributed by atoms with Gasteiger partial charge in [-0.3, -0.25) is 0 Å². The van der Waals surface area contributed by atoms with Crippen molar-refractivity contribution < 1.29 is 23.2 Å². The lowest BCUT2D eigenvalue weighted by Gasteiger charge is -2.38. The summed E-state index contributed by atoms with van der Waals surface area (Å²) in [5, 5.41) is 18.8. The van der Waals surface area contributed by atoms with Crippen molar-refractivity contribution in [2.24, 2.45) is 0 Å². The van der Waals surface area contributed by atoms with Crippen LogP contribution in [0.1, 0.15) is 36.1 Å². The molecule has 0 amide bonds. The minimum absolute atomic E-state index is 0. The van der Waals surface area contributed by atoms with Gasteiger partial charge in [0, 0.05) is 6.07 Å². The molecule has 28 heavy (non-hydrogen) atoms. The van der Waals surface area contributed by atoms with Gasteiger partial charge in [0.1, 0.15) is 5.75 Å². The van der Waals surface area contributed by atoms with Crippen LogP contribution < -0.4 is 4.74 Å². The molecule has 0 bridgehead atoms. The summed E-state index contributed by atoms with van der Waals surface area (Å²) < 4.78 is 18.6. The lowest BCUT2D eigenvalue weighted by atomic mass is 10.3. The third-order valence-electron chi connectivity index (χ3n) is 3.04. The Hall–Kier alpha value is -0.809. The quantitative estimate of drug-likeness (QED) is 0.236. The molecule has 0 heterocycles. The van der Waals surface area contributed by atoms with E-state index >= 15 is 0 Å². The van der Waals surface area contributed by atoms with E-state index in [0.717, 1.165) is 12.5 Å². The van der Waals surface area contributed by atoms with Gasteiger partial charge < -0.3 is 23.2 Å². The first-order chi connectivity index (χ1) is 10.8. The fraction of sp³-hybridized carbons (Fsp3) is 0.700. The summed E-state index contributed by atoms with van der Waals surface area (Å²) in [6.07, 6.45) is 0.833. The van der Waals surface area contributed by atoms with Crippen LogP contribution in [0.15, 0.2) is 18.2 Å². The Kier molecular flexibility index (Phi) is 16.6. The number of aromatic hydroxyl groups is 2. The van der Waals surface area contributed by atoms with Crippen molar-refractivity contribution in [1.82, 2.24) is 0 Å². The summed E-state index contributed by atoms with van der Waals surface area (Å²) in [4.78, 5) is 0. The molecule has 1 aromatic carbocycles. The first-order valence-corrected chi connectivity index (χ1v) is 17.7. The van der Waals surface area contributed by atoms with Gasteiger partial charge in [0.2, 0.25) is 0 Å². The molecule has 0 radical (unpaired) electrons. The zero-order valence-corrected chi connectivity index (χ0v) is 19.0. The molecule has 170 valence electrons. The van der Waals surface area contributed by atoms with Crippen LogP contribution in [-0.2, 0) is 8.23 Å². The van der Waals surface area contributed by atoms with E-state index in [1.54, 1.807) is 6.07 Å². The second-order valence-corrected chi connectivity index (χ2v) is 21.0. The predicted molar refractivity (Wildman–Crippen MR) is 132 cm³/mol. The van der Waals surface area contributed by atoms with E-state index in [-0.39, 0.29) is 41.2 Å². The average Bonchev–Trinajstić information content (AvgIpc) is 2.34. The van der Waals surface area contributed by atoms with Gasteiger partial charge in [-0.25, -0.2) is 0 Å². The molecule has 2 N–H and O–H groups in total. The highest BCUT2D eigenvalue weighted by Crippen LogP contribution is 2.29. The molecule has 0 aliphatic carbocycles. The minimum Gasteiger partial charge on any atom is -0.504 e. The second-order valence-electron chi connectivity index (χ2n) is 8.17. The van der Waals surface area contributed by atoms with Crippen LogP contribution in [0.5, 0.6) is 17.2 Å². The lowest BCUT2D eigenvalue weighted by Crippen LogP contribution is -2.52. The van der Waals surface area contributed by atoms with Crippen molar-refractivity contribution in [3.63, 3.8) is 0 Å². The average molecular weight is 453 g/mol. The molecule has 0 saturated carbocycles. The molecule has 1 rings (SSSR count). The standard InChI is InChI=1S/C16H32O5Si3.4CH4/c1-22(2,3)20-24(7,21-23(4,5)6)12-8-11-19-14-9-10-15(17)16(18)13-14;;;;/h9-10,13,17-18H,8,11-12H2,1-7H3;4*1H4. The Morgan fingerprint density at radius 2 is 1.21 bits per heavy atom. The number of benzene rings is 1. The summed E-state index contributed by atoms with van der Waals surface area (Å²) >= 11 is 0. The zero-order valence-electron chi connectivity index (χ0n) is 16.0. The molecular weight excluding hydrogens is 404 g/mol. The van der Waals surface area contributed by atoms with Gasteiger partial charge in [0.15, 0.2) is 28.1 Å². The van der Waals surface area contributed by atoms with Gasteiger partial charge in [0.25, 0.3) is 0 Å². The molecule has 0 unspecified atom stereocenters. The van der Waals surface area contributed by atoms with Crippen molar-refractivity contribution in [2.45, 2.75) is 88.0 Å². The summed E-state index contributed by atoms with van der Waals surface area (Å²) in [7, 11) is -5.57. The van der Waals surface area contributed by atoms with Crippen molar-refractivity contribution in [3.05, 3.63) is 18.2 Å². The van der Waals surface area contributed by atoms with Crippen molar-refractivity contribution in [2.75, 3.05) is 6.61 Å². The molecular formula is C20H48O5Si3. The Labute approximate surface area is 178 Å². The fourth-order valence-electron chi connectivity index (χ4n) is 2.59. The molecule has 0 spiro atoms. The maximum Gasteiger partial charge on any atom is 0.314 e. The Balaban J connectivity index is -0.000000720. The number of phenolic OH excluding ortho intramolecular Hbond substituents is 2. The van der Waals surface area contributed by atoms with Gasteiger partial charge in [-0.1, -0.05) is 29.7 Å². The topological polar surface area (TPSA) is 68.2 Å². The van der Waals surface area contributed by atoms with E-state index in [1.807, 2.05) is 0 Å². The largest absolute Gasteiger partial charge is 0.504 e. The molecule has 0 atom stereocenters. The van der Waals surface area contributed by atoms with Gasteiger partial charge in [0.05, 0.1) is 6.61 Å². The van der Waals surface area contributed by atoms with E-state index in [4.69, 9.17) is 13.0 Å². The Morgan fingerprint density at radius 1 is 0.750 bits per heavy atom. The first kappa shape index (κ1) is 34.7. The third-order valence-corrected chi connectivity index (χ3v) is 12.7. The minimum atomic E-state index is -2.22. The Bertz CT molecular complexity index is 524. The number of hydrogen-bond acceptors (Lipinski definition) is 5. The van der Waals surface area contributed by atoms with E-state index in [1.165, 1.54) is 12.1 Å². The normalized spacial score (nSPS) is 11.2. The van der Waals surface area contributed by atoms with E-state index in [9.17, 15) is 10.2 Å². The predicted octanol–water partition coefficient (Wildman–Crippen LogP) is 7.19. The molecule has 5 nitrogen and oxygen atoms in total. The summed E-state index contributed by atoms with van der Waals surface area (Å²) in [5.74, 6) is 0.233. The highest BCUT2D eigenvalue weighted by molar-refractivity contribution is 6.87. The highest BCUT2D eigenvalue weighted by Gasteiger charge is 2.39. The molecule has 0 aromatic heterocycles. The maximum atomic E-state index is 9.49. The molecule has 0 saturated heterocycles. The van der Waals surface area contributed by atoms with Gasteiger partial charge >= 0.3 is 8.56 Å². The number of phenols is 2. The van der Waals surface area contributed by atoms with Gasteiger partial charge in [-0.15, -0.1) is 0 Å². The number of rotatable bonds is 9. The highest BCUT2D eigenvalue weighted by atomic mass is 28.5. The SMILES string of the molecule is C.C.C.C.C[Si](C)(C)O[Si](C)(CCCOc1ccc(O)c(O)c1)O[Si](C)(C)C. The van der Waals surface area contributed by atoms with E-state index in [2.05, 4.69) is 45.8 Å². The lowest BCUT2D eigenvalue weighted by molar-refractivity contribution is 0.303. The van der Waals surface area contributed by atoms with Crippen LogP contribution >= 0.6 is 0 Å². The van der Waals surface area contributed by atoms with Crippen LogP contribution in [-0.4, -0.2) is 42.0 Å². The first-order valence-electron chi connectivity index (χ1n) is 8.35. The van der Waals surface area contributed by atoms with Gasteiger partial charge in [-0.2, -0.15) is 0 Å². The number of hydrogen-bond donors (Lipinski definition) is 2. The van der Waals surface area contributed by atoms with Crippen LogP contribution in [0.4, 0.5) is 0 Å². The van der Waals surface area contributed by atoms with E-state index in [0.29, 0.717) is 12.4 Å². The molecule has 0 aliphatic heterocycles. The van der Waals surface area contributed by atoms with Crippen molar-refractivity contribution in [1.29, 1.82) is 0 Å². The molecule has 0 aliphatic rings. The van der Waals surface area contributed by atoms with Crippen molar-refractivity contribution in [3.8, 4) is 17.2 Å². The summed E-state index contributed by atoms with van der Waals surface area (Å²) in [6.45, 7) is 15.9. The summed E-state index contributed by atoms with van der Waals surface area (Å²) in [6, 6.07) is 5.36.